The number of fused-ring (bicyclic) bond motifs is 2. The molecule has 0 saturated heterocycles. The van der Waals surface area contributed by atoms with E-state index in [0.717, 1.165) is 16.8 Å². The lowest BCUT2D eigenvalue weighted by Gasteiger charge is -2.20. The van der Waals surface area contributed by atoms with Crippen molar-refractivity contribution >= 4 is 16.7 Å². The highest BCUT2D eigenvalue weighted by Crippen LogP contribution is 2.27. The Morgan fingerprint density at radius 1 is 1.15 bits per heavy atom. The maximum atomic E-state index is 13.1. The number of nitrogens with one attached hydrogen (secondary N) is 2. The Balaban J connectivity index is 1.72. The Kier molecular flexibility index (Phi) is 6.99. The van der Waals surface area contributed by atoms with Gasteiger partial charge in [0.2, 0.25) is 0 Å². The number of benzene rings is 2. The van der Waals surface area contributed by atoms with Crippen molar-refractivity contribution in [2.24, 2.45) is 0 Å². The Morgan fingerprint density at radius 2 is 1.91 bits per heavy atom. The van der Waals surface area contributed by atoms with Gasteiger partial charge in [0, 0.05) is 25.4 Å². The van der Waals surface area contributed by atoms with Crippen LogP contribution in [0.1, 0.15) is 24.0 Å². The number of hydrogen-bond donors (Lipinski definition) is 4. The van der Waals surface area contributed by atoms with Gasteiger partial charge in [0.15, 0.2) is 11.5 Å². The number of aromatic nitrogens is 4. The fourth-order valence-corrected chi connectivity index (χ4v) is 3.93. The van der Waals surface area contributed by atoms with Crippen LogP contribution in [0.25, 0.3) is 22.6 Å². The quantitative estimate of drug-likeness (QED) is 0.276. The lowest BCUT2D eigenvalue weighted by molar-refractivity contribution is 0.121. The first kappa shape index (κ1) is 23.5. The van der Waals surface area contributed by atoms with Crippen molar-refractivity contribution in [1.29, 1.82) is 0 Å². The van der Waals surface area contributed by atoms with Gasteiger partial charge in [-0.15, -0.1) is 0 Å². The minimum absolute atomic E-state index is 0.0418. The maximum Gasteiger partial charge on any atom is 0.349 e. The third-order valence-corrected chi connectivity index (χ3v) is 5.75. The van der Waals surface area contributed by atoms with Crippen molar-refractivity contribution in [3.63, 3.8) is 0 Å². The van der Waals surface area contributed by atoms with Crippen molar-refractivity contribution < 1.29 is 14.6 Å². The number of aromatic amines is 1. The number of anilines is 1. The van der Waals surface area contributed by atoms with Gasteiger partial charge in [0.05, 0.1) is 17.1 Å². The van der Waals surface area contributed by atoms with Gasteiger partial charge < -0.3 is 20.1 Å². The summed E-state index contributed by atoms with van der Waals surface area (Å²) in [7, 11) is 0. The molecule has 178 valence electrons. The molecule has 0 radical (unpaired) electrons. The van der Waals surface area contributed by atoms with Crippen LogP contribution in [0.5, 0.6) is 0 Å². The topological polar surface area (TPSA) is 133 Å². The Hall–Kier alpha value is -3.63. The van der Waals surface area contributed by atoms with Crippen molar-refractivity contribution in [2.45, 2.75) is 38.8 Å². The Labute approximate surface area is 194 Å². The third-order valence-electron chi connectivity index (χ3n) is 5.75. The summed E-state index contributed by atoms with van der Waals surface area (Å²) in [6.07, 6.45) is 0.460. The smallest absolute Gasteiger partial charge is 0.349 e. The molecule has 2 aromatic rings. The summed E-state index contributed by atoms with van der Waals surface area (Å²) in [6.45, 7) is 2.65. The molecule has 0 aliphatic carbocycles. The molecule has 2 aromatic carbocycles. The van der Waals surface area contributed by atoms with Gasteiger partial charge in [-0.25, -0.2) is 14.2 Å². The summed E-state index contributed by atoms with van der Waals surface area (Å²) in [6, 6.07) is 10.1. The van der Waals surface area contributed by atoms with Crippen LogP contribution in [-0.2, 0) is 13.0 Å². The average molecular weight is 468 g/mol. The molecule has 2 aliphatic heterocycles. The number of hydrogen-bond acceptors (Lipinski definition) is 7. The van der Waals surface area contributed by atoms with Crippen LogP contribution in [0.4, 0.5) is 10.1 Å². The summed E-state index contributed by atoms with van der Waals surface area (Å²) >= 11 is 0. The highest BCUT2D eigenvalue weighted by atomic mass is 19.1. The number of nitrogens with zero attached hydrogens (tertiary/aromatic N) is 3. The first-order chi connectivity index (χ1) is 16.4. The van der Waals surface area contributed by atoms with E-state index in [1.807, 2.05) is 19.1 Å². The van der Waals surface area contributed by atoms with Gasteiger partial charge in [-0.3, -0.25) is 9.78 Å². The second-order valence-corrected chi connectivity index (χ2v) is 8.22. The van der Waals surface area contributed by atoms with Gasteiger partial charge in [0.25, 0.3) is 5.56 Å². The van der Waals surface area contributed by atoms with Gasteiger partial charge in [-0.1, -0.05) is 12.1 Å². The lowest BCUT2D eigenvalue weighted by atomic mass is 10.1. The predicted octanol–water partition coefficient (Wildman–Crippen LogP) is 1.82. The molecular formula is C24H26FN5O4. The predicted molar refractivity (Wildman–Crippen MR) is 127 cm³/mol. The molecule has 0 unspecified atom stereocenters. The lowest BCUT2D eigenvalue weighted by Crippen LogP contribution is -2.29. The maximum absolute atomic E-state index is 13.1. The van der Waals surface area contributed by atoms with Crippen LogP contribution in [0, 0.1) is 12.7 Å². The molecule has 0 amide bonds. The Morgan fingerprint density at radius 3 is 2.65 bits per heavy atom. The minimum Gasteiger partial charge on any atom is -0.396 e. The van der Waals surface area contributed by atoms with Crippen molar-refractivity contribution in [2.75, 3.05) is 18.5 Å². The van der Waals surface area contributed by atoms with E-state index in [4.69, 9.17) is 5.11 Å². The molecule has 2 aliphatic rings. The van der Waals surface area contributed by atoms with Gasteiger partial charge in [-0.2, -0.15) is 4.98 Å². The first-order valence-corrected chi connectivity index (χ1v) is 11.1. The average Bonchev–Trinajstić information content (AvgIpc) is 2.79. The second-order valence-electron chi connectivity index (χ2n) is 8.22. The van der Waals surface area contributed by atoms with Crippen molar-refractivity contribution in [1.82, 2.24) is 19.5 Å². The molecule has 0 bridgehead atoms. The summed E-state index contributed by atoms with van der Waals surface area (Å²) in [5.41, 5.74) is 2.60. The summed E-state index contributed by atoms with van der Waals surface area (Å²) in [5, 5.41) is 22.6. The normalized spacial score (nSPS) is 12.4. The zero-order valence-corrected chi connectivity index (χ0v) is 18.7. The molecule has 34 heavy (non-hydrogen) atoms. The van der Waals surface area contributed by atoms with E-state index >= 15 is 0 Å². The molecule has 9 nitrogen and oxygen atoms in total. The molecule has 0 saturated carbocycles. The molecule has 1 atom stereocenters. The molecular weight excluding hydrogens is 441 g/mol. The van der Waals surface area contributed by atoms with E-state index in [0.29, 0.717) is 30.4 Å². The van der Waals surface area contributed by atoms with E-state index in [9.17, 15) is 19.1 Å². The molecule has 4 rings (SSSR count). The summed E-state index contributed by atoms with van der Waals surface area (Å²) in [5.74, 6) is -0.136. The fraction of sp³-hybridized carbons (Fsp3) is 0.333. The molecule has 0 spiro atoms. The van der Waals surface area contributed by atoms with Crippen molar-refractivity contribution in [3.8, 4) is 11.5 Å². The number of halogens is 1. The van der Waals surface area contributed by atoms with E-state index in [1.165, 1.54) is 12.1 Å². The van der Waals surface area contributed by atoms with E-state index in [2.05, 4.69) is 20.3 Å². The Bertz CT molecular complexity index is 1380. The van der Waals surface area contributed by atoms with Crippen LogP contribution in [0.15, 0.2) is 46.0 Å². The summed E-state index contributed by atoms with van der Waals surface area (Å²) < 4.78 is 14.8. The van der Waals surface area contributed by atoms with Crippen LogP contribution in [-0.4, -0.2) is 49.0 Å². The molecule has 2 heterocycles. The third kappa shape index (κ3) is 5.13. The summed E-state index contributed by atoms with van der Waals surface area (Å²) in [4.78, 5) is 34.9. The number of rotatable bonds is 9. The van der Waals surface area contributed by atoms with Crippen LogP contribution in [0.2, 0.25) is 0 Å². The number of aryl methyl sites for hydroxylation is 2. The zero-order chi connectivity index (χ0) is 24.2. The SMILES string of the molecule is Cc1cc2nc3c(=O)[nH]c(=O)nc-3n(CC[C@H](O)CCO)c2cc1NCCc1ccc(F)cc1. The van der Waals surface area contributed by atoms with Gasteiger partial charge >= 0.3 is 5.69 Å². The first-order valence-electron chi connectivity index (χ1n) is 11.1. The van der Waals surface area contributed by atoms with Gasteiger partial charge in [0.1, 0.15) is 5.82 Å². The zero-order valence-electron chi connectivity index (χ0n) is 18.7. The molecule has 4 N–H and O–H groups in total. The van der Waals surface area contributed by atoms with Crippen LogP contribution in [0.3, 0.4) is 0 Å². The van der Waals surface area contributed by atoms with E-state index in [-0.39, 0.29) is 36.9 Å². The highest BCUT2D eigenvalue weighted by Gasteiger charge is 2.20. The molecule has 10 heteroatoms. The standard InChI is InChI=1S/C24H26FN5O4/c1-14-12-19-20(13-18(14)26-9-6-15-2-4-16(25)5-3-15)30(10-7-17(32)8-11-31)22-21(27-19)23(33)29-24(34)28-22/h2-5,12-13,17,26,31-32H,6-11H2,1H3,(H,29,33,34)/t17-/m0/s1. The fourth-order valence-electron chi connectivity index (χ4n) is 3.93. The number of aliphatic hydroxyl groups excluding tert-OH is 2. The monoisotopic (exact) mass is 467 g/mol. The largest absolute Gasteiger partial charge is 0.396 e. The van der Waals surface area contributed by atoms with Gasteiger partial charge in [-0.05, 0) is 61.6 Å². The van der Waals surface area contributed by atoms with E-state index in [1.54, 1.807) is 16.7 Å². The second kappa shape index (κ2) is 10.1. The highest BCUT2D eigenvalue weighted by molar-refractivity contribution is 5.84. The van der Waals surface area contributed by atoms with Crippen LogP contribution < -0.4 is 16.6 Å². The van der Waals surface area contributed by atoms with E-state index < -0.39 is 17.4 Å². The van der Waals surface area contributed by atoms with Crippen molar-refractivity contribution in [3.05, 3.63) is 74.2 Å². The van der Waals surface area contributed by atoms with Crippen LogP contribution >= 0.6 is 0 Å². The number of aliphatic hydroxyl groups is 2. The molecule has 0 fully saturated rings. The number of H-pyrrole nitrogens is 1. The minimum atomic E-state index is -0.770. The molecule has 0 aromatic heterocycles.